The number of carbonyl (C=O) groups is 1. The number of nitriles is 1. The molecule has 3 aromatic carbocycles. The van der Waals surface area contributed by atoms with Crippen LogP contribution in [0.2, 0.25) is 5.02 Å². The molecule has 0 aliphatic carbocycles. The minimum Gasteiger partial charge on any atom is -0.486 e. The highest BCUT2D eigenvalue weighted by Gasteiger charge is 2.21. The van der Waals surface area contributed by atoms with Crippen molar-refractivity contribution in [3.63, 3.8) is 0 Å². The van der Waals surface area contributed by atoms with Crippen molar-refractivity contribution in [2.24, 2.45) is 5.73 Å². The lowest BCUT2D eigenvalue weighted by Crippen LogP contribution is -2.46. The molecule has 10 nitrogen and oxygen atoms in total. The van der Waals surface area contributed by atoms with Gasteiger partial charge in [0.25, 0.3) is 0 Å². The molecule has 0 saturated carbocycles. The number of rotatable bonds is 12. The minimum atomic E-state index is 0.0244. The minimum absolute atomic E-state index is 0.0244. The van der Waals surface area contributed by atoms with Gasteiger partial charge in [0.1, 0.15) is 13.2 Å². The molecule has 7 rings (SSSR count). The van der Waals surface area contributed by atoms with Crippen LogP contribution in [0.15, 0.2) is 71.1 Å². The number of ether oxygens (including phenoxy) is 2. The first-order valence-corrected chi connectivity index (χ1v) is 20.3. The number of carbonyl (C=O) groups excluding carboxylic acids is 1. The fourth-order valence-electron chi connectivity index (χ4n) is 7.00. The van der Waals surface area contributed by atoms with E-state index in [1.807, 2.05) is 48.5 Å². The number of fused-ring (bicyclic) bond motifs is 2. The van der Waals surface area contributed by atoms with E-state index < -0.39 is 0 Å². The van der Waals surface area contributed by atoms with E-state index in [1.54, 1.807) is 11.8 Å². The number of hydrogen-bond donors (Lipinski definition) is 2. The molecule has 4 heterocycles. The summed E-state index contributed by atoms with van der Waals surface area (Å²) in [5, 5.41) is 12.9. The number of benzene rings is 3. The molecule has 3 N–H and O–H groups in total. The Bertz CT molecular complexity index is 1730. The SMILES string of the molecule is N#Cc1cccc(N2CCN(CCCCNC(=O)C3=Cc4cc(Cl)ccc4SC3)CC2)c1.NCCCCN1CCN(c2ccc3c(c2)OCCO3)CC1. The van der Waals surface area contributed by atoms with Gasteiger partial charge in [-0.2, -0.15) is 5.26 Å². The summed E-state index contributed by atoms with van der Waals surface area (Å²) in [4.78, 5) is 23.5. The van der Waals surface area contributed by atoms with Crippen LogP contribution in [-0.4, -0.2) is 113 Å². The zero-order valence-corrected chi connectivity index (χ0v) is 32.2. The Labute approximate surface area is 323 Å². The number of hydrogen-bond acceptors (Lipinski definition) is 10. The van der Waals surface area contributed by atoms with Gasteiger partial charge in [-0.15, -0.1) is 11.8 Å². The smallest absolute Gasteiger partial charge is 0.248 e. The van der Waals surface area contributed by atoms with Crippen molar-refractivity contribution in [3.8, 4) is 17.6 Å². The van der Waals surface area contributed by atoms with Crippen LogP contribution in [0.4, 0.5) is 11.4 Å². The van der Waals surface area contributed by atoms with Gasteiger partial charge in [-0.1, -0.05) is 17.7 Å². The van der Waals surface area contributed by atoms with Gasteiger partial charge < -0.3 is 30.3 Å². The maximum atomic E-state index is 12.5. The maximum absolute atomic E-state index is 12.5. The van der Waals surface area contributed by atoms with Crippen molar-refractivity contribution in [2.45, 2.75) is 30.6 Å². The van der Waals surface area contributed by atoms with Gasteiger partial charge in [0.15, 0.2) is 11.5 Å². The predicted molar refractivity (Wildman–Crippen MR) is 217 cm³/mol. The number of piperazine rings is 2. The number of unbranched alkanes of at least 4 members (excludes halogenated alkanes) is 2. The second-order valence-electron chi connectivity index (χ2n) is 13.7. The van der Waals surface area contributed by atoms with Crippen molar-refractivity contribution in [2.75, 3.05) is 107 Å². The molecule has 2 saturated heterocycles. The van der Waals surface area contributed by atoms with E-state index in [4.69, 9.17) is 32.1 Å². The normalized spacial score (nSPS) is 17.2. The summed E-state index contributed by atoms with van der Waals surface area (Å²) < 4.78 is 11.2. The molecule has 4 aliphatic rings. The molecule has 12 heteroatoms. The van der Waals surface area contributed by atoms with Crippen LogP contribution in [0.1, 0.15) is 36.8 Å². The monoisotopic (exact) mass is 757 g/mol. The third kappa shape index (κ3) is 11.3. The number of halogens is 1. The largest absolute Gasteiger partial charge is 0.486 e. The third-order valence-electron chi connectivity index (χ3n) is 10.1. The van der Waals surface area contributed by atoms with Crippen molar-refractivity contribution in [1.82, 2.24) is 15.1 Å². The molecule has 53 heavy (non-hydrogen) atoms. The summed E-state index contributed by atoms with van der Waals surface area (Å²) in [7, 11) is 0. The Morgan fingerprint density at radius 2 is 1.49 bits per heavy atom. The lowest BCUT2D eigenvalue weighted by Gasteiger charge is -2.36. The van der Waals surface area contributed by atoms with Crippen molar-refractivity contribution < 1.29 is 14.3 Å². The maximum Gasteiger partial charge on any atom is 0.248 e. The van der Waals surface area contributed by atoms with Gasteiger partial charge in [0, 0.05) is 97.6 Å². The molecule has 0 aromatic heterocycles. The molecule has 4 aliphatic heterocycles. The number of nitrogens with one attached hydrogen (secondary N) is 1. The fourth-order valence-corrected chi connectivity index (χ4v) is 8.15. The molecule has 0 unspecified atom stereocenters. The highest BCUT2D eigenvalue weighted by Crippen LogP contribution is 2.35. The van der Waals surface area contributed by atoms with Crippen LogP contribution in [0.5, 0.6) is 11.5 Å². The Morgan fingerprint density at radius 1 is 0.811 bits per heavy atom. The van der Waals surface area contributed by atoms with Crippen LogP contribution in [0, 0.1) is 11.3 Å². The van der Waals surface area contributed by atoms with Gasteiger partial charge in [-0.05, 0) is 105 Å². The van der Waals surface area contributed by atoms with Gasteiger partial charge >= 0.3 is 0 Å². The van der Waals surface area contributed by atoms with E-state index in [1.165, 1.54) is 23.5 Å². The van der Waals surface area contributed by atoms with Gasteiger partial charge in [-0.25, -0.2) is 0 Å². The number of thioether (sulfide) groups is 1. The molecule has 0 radical (unpaired) electrons. The molecular weight excluding hydrogens is 706 g/mol. The van der Waals surface area contributed by atoms with Gasteiger partial charge in [0.05, 0.1) is 11.6 Å². The molecular formula is C41H52ClN7O3S. The zero-order chi connectivity index (χ0) is 36.8. The third-order valence-corrected chi connectivity index (χ3v) is 11.4. The highest BCUT2D eigenvalue weighted by atomic mass is 35.5. The van der Waals surface area contributed by atoms with Crippen LogP contribution in [0.25, 0.3) is 6.08 Å². The van der Waals surface area contributed by atoms with E-state index in [2.05, 4.69) is 49.2 Å². The van der Waals surface area contributed by atoms with Crippen LogP contribution < -0.4 is 30.3 Å². The topological polar surface area (TPSA) is 110 Å². The quantitative estimate of drug-likeness (QED) is 0.222. The Hall–Kier alpha value is -3.92. The predicted octanol–water partition coefficient (Wildman–Crippen LogP) is 5.74. The summed E-state index contributed by atoms with van der Waals surface area (Å²) >= 11 is 7.76. The zero-order valence-electron chi connectivity index (χ0n) is 30.6. The standard InChI is InChI=1S/C25H27ClN4OS.C16H25N3O2/c26-22-6-7-24-20(16-22)15-21(18-32-24)25(31)28-8-1-2-9-29-10-12-30(13-11-29)23-5-3-4-19(14-23)17-27;17-5-1-2-6-18-7-9-19(10-8-18)14-3-4-15-16(13-14)21-12-11-20-15/h3-7,14-16H,1-2,8-13,18H2,(H,28,31);3-4,13H,1-2,5-12,17H2. The number of nitrogens with two attached hydrogens (primary N) is 1. The molecule has 2 fully saturated rings. The molecule has 0 bridgehead atoms. The highest BCUT2D eigenvalue weighted by molar-refractivity contribution is 7.99. The Balaban J connectivity index is 0.000000198. The first-order valence-electron chi connectivity index (χ1n) is 18.9. The average Bonchev–Trinajstić information content (AvgIpc) is 3.21. The van der Waals surface area contributed by atoms with Crippen LogP contribution in [0.3, 0.4) is 0 Å². The van der Waals surface area contributed by atoms with Crippen LogP contribution in [-0.2, 0) is 4.79 Å². The van der Waals surface area contributed by atoms with Crippen molar-refractivity contribution in [1.29, 1.82) is 5.26 Å². The lowest BCUT2D eigenvalue weighted by atomic mass is 10.1. The Morgan fingerprint density at radius 3 is 2.19 bits per heavy atom. The first-order chi connectivity index (χ1) is 26.0. The Kier molecular flexibility index (Phi) is 14.6. The van der Waals surface area contributed by atoms with Crippen molar-refractivity contribution in [3.05, 3.63) is 82.4 Å². The fraction of sp³-hybridized carbons (Fsp3) is 0.463. The second-order valence-corrected chi connectivity index (χ2v) is 15.2. The molecule has 0 spiro atoms. The van der Waals surface area contributed by atoms with E-state index in [0.29, 0.717) is 36.1 Å². The van der Waals surface area contributed by atoms with Crippen molar-refractivity contribution >= 4 is 46.7 Å². The second kappa shape index (κ2) is 20.0. The van der Waals surface area contributed by atoms with E-state index in [-0.39, 0.29) is 5.91 Å². The van der Waals surface area contributed by atoms with Gasteiger partial charge in [-0.3, -0.25) is 14.6 Å². The van der Waals surface area contributed by atoms with E-state index >= 15 is 0 Å². The summed E-state index contributed by atoms with van der Waals surface area (Å²) in [6.45, 7) is 13.4. The van der Waals surface area contributed by atoms with Crippen LogP contribution >= 0.6 is 23.4 Å². The van der Waals surface area contributed by atoms with Gasteiger partial charge in [0.2, 0.25) is 5.91 Å². The molecule has 3 aromatic rings. The summed E-state index contributed by atoms with van der Waals surface area (Å²) in [6, 6.07) is 22.1. The summed E-state index contributed by atoms with van der Waals surface area (Å²) in [5.41, 5.74) is 10.5. The first kappa shape index (κ1) is 38.8. The van der Waals surface area contributed by atoms with E-state index in [0.717, 1.165) is 113 Å². The summed E-state index contributed by atoms with van der Waals surface area (Å²) in [6.07, 6.45) is 6.33. The van der Waals surface area contributed by atoms with E-state index in [9.17, 15) is 4.79 Å². The molecule has 282 valence electrons. The number of amides is 1. The average molecular weight is 758 g/mol. The number of anilines is 2. The lowest BCUT2D eigenvalue weighted by molar-refractivity contribution is -0.117. The number of nitrogens with zero attached hydrogens (tertiary/aromatic N) is 5. The molecule has 0 atom stereocenters. The summed E-state index contributed by atoms with van der Waals surface area (Å²) in [5.74, 6) is 2.47. The molecule has 1 amide bonds.